The molecular formula is C23H37N3O3. The third-order valence-electron chi connectivity index (χ3n) is 6.16. The number of hydrogen-bond acceptors (Lipinski definition) is 4. The van der Waals surface area contributed by atoms with Gasteiger partial charge in [0.15, 0.2) is 0 Å². The summed E-state index contributed by atoms with van der Waals surface area (Å²) < 4.78 is 7.62. The zero-order valence-electron chi connectivity index (χ0n) is 18.7. The lowest BCUT2D eigenvalue weighted by Gasteiger charge is -2.35. The van der Waals surface area contributed by atoms with Gasteiger partial charge in [-0.2, -0.15) is 0 Å². The highest BCUT2D eigenvalue weighted by Crippen LogP contribution is 2.30. The van der Waals surface area contributed by atoms with Gasteiger partial charge in [0.25, 0.3) is 0 Å². The Morgan fingerprint density at radius 2 is 1.86 bits per heavy atom. The van der Waals surface area contributed by atoms with Crippen LogP contribution in [-0.2, 0) is 22.5 Å². The molecule has 162 valence electrons. The standard InChI is InChI=1S/C23H37N3O3/c1-16-6-8-18(9-7-16)13-25-14-20(24-15-25)11-19-10-17(2)12-26(21(19)27)22(28)29-23(3,4)5/h14-19H,6-13H2,1-5H3/t16-,17-,18-,19-/m0/s1. The number of carbonyl (C=O) groups is 2. The van der Waals surface area contributed by atoms with Crippen molar-refractivity contribution < 1.29 is 14.3 Å². The van der Waals surface area contributed by atoms with Crippen LogP contribution in [0.15, 0.2) is 12.5 Å². The molecule has 3 rings (SSSR count). The van der Waals surface area contributed by atoms with Crippen molar-refractivity contribution in [3.8, 4) is 0 Å². The number of hydrogen-bond donors (Lipinski definition) is 0. The van der Waals surface area contributed by atoms with Gasteiger partial charge in [-0.1, -0.05) is 26.7 Å². The number of piperidine rings is 1. The van der Waals surface area contributed by atoms with Crippen LogP contribution in [0.3, 0.4) is 0 Å². The predicted molar refractivity (Wildman–Crippen MR) is 112 cm³/mol. The number of aromatic nitrogens is 2. The van der Waals surface area contributed by atoms with Crippen LogP contribution in [0.2, 0.25) is 0 Å². The van der Waals surface area contributed by atoms with E-state index in [0.29, 0.717) is 13.0 Å². The molecule has 0 spiro atoms. The molecule has 2 fully saturated rings. The van der Waals surface area contributed by atoms with Gasteiger partial charge in [-0.3, -0.25) is 4.79 Å². The summed E-state index contributed by atoms with van der Waals surface area (Å²) >= 11 is 0. The fourth-order valence-electron chi connectivity index (χ4n) is 4.61. The molecule has 1 aromatic rings. The van der Waals surface area contributed by atoms with Gasteiger partial charge in [-0.05, 0) is 57.8 Å². The summed E-state index contributed by atoms with van der Waals surface area (Å²) in [6.45, 7) is 11.3. The predicted octanol–water partition coefficient (Wildman–Crippen LogP) is 4.67. The molecular weight excluding hydrogens is 366 g/mol. The zero-order valence-corrected chi connectivity index (χ0v) is 18.7. The molecule has 0 unspecified atom stereocenters. The van der Waals surface area contributed by atoms with E-state index in [1.165, 1.54) is 30.6 Å². The van der Waals surface area contributed by atoms with Gasteiger partial charge in [-0.25, -0.2) is 14.7 Å². The first-order chi connectivity index (χ1) is 13.6. The molecule has 1 aliphatic carbocycles. The molecule has 1 saturated carbocycles. The average Bonchev–Trinajstić information content (AvgIpc) is 3.05. The highest BCUT2D eigenvalue weighted by atomic mass is 16.6. The minimum absolute atomic E-state index is 0.131. The van der Waals surface area contributed by atoms with Gasteiger partial charge in [0.2, 0.25) is 5.91 Å². The van der Waals surface area contributed by atoms with Gasteiger partial charge in [0.05, 0.1) is 12.0 Å². The normalized spacial score (nSPS) is 28.4. The summed E-state index contributed by atoms with van der Waals surface area (Å²) in [6, 6.07) is 0. The number of ether oxygens (including phenoxy) is 1. The molecule has 2 heterocycles. The molecule has 2 atom stereocenters. The fourth-order valence-corrected chi connectivity index (χ4v) is 4.61. The topological polar surface area (TPSA) is 64.4 Å². The molecule has 0 bridgehead atoms. The average molecular weight is 404 g/mol. The molecule has 0 radical (unpaired) electrons. The first-order valence-corrected chi connectivity index (χ1v) is 11.2. The molecule has 1 aliphatic heterocycles. The number of nitrogens with zero attached hydrogens (tertiary/aromatic N) is 3. The summed E-state index contributed by atoms with van der Waals surface area (Å²) in [7, 11) is 0. The third kappa shape index (κ3) is 6.06. The lowest BCUT2D eigenvalue weighted by atomic mass is 9.83. The molecule has 2 amide bonds. The third-order valence-corrected chi connectivity index (χ3v) is 6.16. The van der Waals surface area contributed by atoms with Gasteiger partial charge >= 0.3 is 6.09 Å². The monoisotopic (exact) mass is 403 g/mol. The van der Waals surface area contributed by atoms with Gasteiger partial charge in [-0.15, -0.1) is 0 Å². The maximum Gasteiger partial charge on any atom is 0.417 e. The van der Waals surface area contributed by atoms with E-state index in [-0.39, 0.29) is 17.7 Å². The van der Waals surface area contributed by atoms with Gasteiger partial charge < -0.3 is 9.30 Å². The SMILES string of the molecule is C[C@H]1C[C@@H](Cc2cn(C[C@H]3CC[C@H](C)CC3)cn2)C(=O)N(C(=O)OC(C)(C)C)C1. The maximum absolute atomic E-state index is 12.9. The minimum atomic E-state index is -0.608. The van der Waals surface area contributed by atoms with Crippen molar-refractivity contribution in [2.24, 2.45) is 23.7 Å². The second-order valence-electron chi connectivity index (χ2n) is 10.4. The van der Waals surface area contributed by atoms with Crippen molar-refractivity contribution in [1.82, 2.24) is 14.5 Å². The Morgan fingerprint density at radius 3 is 2.52 bits per heavy atom. The summed E-state index contributed by atoms with van der Waals surface area (Å²) in [6.07, 6.45) is 10.0. The Labute approximate surface area is 175 Å². The molecule has 6 nitrogen and oxygen atoms in total. The number of carbonyl (C=O) groups excluding carboxylic acids is 2. The summed E-state index contributed by atoms with van der Waals surface area (Å²) in [4.78, 5) is 31.3. The highest BCUT2D eigenvalue weighted by molar-refractivity contribution is 5.94. The lowest BCUT2D eigenvalue weighted by Crippen LogP contribution is -2.50. The van der Waals surface area contributed by atoms with Gasteiger partial charge in [0.1, 0.15) is 5.60 Å². The summed E-state index contributed by atoms with van der Waals surface area (Å²) in [5.74, 6) is 1.50. The van der Waals surface area contributed by atoms with E-state index in [0.717, 1.165) is 30.5 Å². The van der Waals surface area contributed by atoms with Crippen LogP contribution < -0.4 is 0 Å². The second-order valence-corrected chi connectivity index (χ2v) is 10.4. The smallest absolute Gasteiger partial charge is 0.417 e. The Morgan fingerprint density at radius 1 is 1.17 bits per heavy atom. The van der Waals surface area contributed by atoms with Crippen LogP contribution >= 0.6 is 0 Å². The van der Waals surface area contributed by atoms with E-state index in [1.54, 1.807) is 0 Å². The molecule has 29 heavy (non-hydrogen) atoms. The van der Waals surface area contributed by atoms with Gasteiger partial charge in [0, 0.05) is 31.6 Å². The largest absolute Gasteiger partial charge is 0.443 e. The van der Waals surface area contributed by atoms with E-state index < -0.39 is 11.7 Å². The van der Waals surface area contributed by atoms with Crippen molar-refractivity contribution in [1.29, 1.82) is 0 Å². The molecule has 6 heteroatoms. The first-order valence-electron chi connectivity index (χ1n) is 11.2. The van der Waals surface area contributed by atoms with Crippen LogP contribution in [0.25, 0.3) is 0 Å². The van der Waals surface area contributed by atoms with Crippen molar-refractivity contribution >= 4 is 12.0 Å². The van der Waals surface area contributed by atoms with E-state index in [2.05, 4.69) is 29.6 Å². The Kier molecular flexibility index (Phi) is 6.69. The van der Waals surface area contributed by atoms with Crippen LogP contribution in [0.1, 0.15) is 72.4 Å². The van der Waals surface area contributed by atoms with E-state index in [4.69, 9.17) is 4.74 Å². The van der Waals surface area contributed by atoms with Crippen LogP contribution in [0.4, 0.5) is 4.79 Å². The molecule has 0 N–H and O–H groups in total. The number of likely N-dealkylation sites (tertiary alicyclic amines) is 1. The number of amides is 2. The lowest BCUT2D eigenvalue weighted by molar-refractivity contribution is -0.138. The Hall–Kier alpha value is -1.85. The Balaban J connectivity index is 1.59. The second kappa shape index (κ2) is 8.88. The quantitative estimate of drug-likeness (QED) is 0.733. The van der Waals surface area contributed by atoms with Crippen LogP contribution in [0.5, 0.6) is 0 Å². The summed E-state index contributed by atoms with van der Waals surface area (Å²) in [5.41, 5.74) is 0.328. The maximum atomic E-state index is 12.9. The number of imidazole rings is 1. The van der Waals surface area contributed by atoms with Crippen molar-refractivity contribution in [2.75, 3.05) is 6.54 Å². The van der Waals surface area contributed by atoms with Crippen molar-refractivity contribution in [2.45, 2.75) is 85.3 Å². The van der Waals surface area contributed by atoms with Crippen molar-refractivity contribution in [3.05, 3.63) is 18.2 Å². The molecule has 1 aromatic heterocycles. The number of imide groups is 1. The van der Waals surface area contributed by atoms with E-state index in [1.807, 2.05) is 27.1 Å². The van der Waals surface area contributed by atoms with Crippen molar-refractivity contribution in [3.63, 3.8) is 0 Å². The van der Waals surface area contributed by atoms with Crippen LogP contribution in [0, 0.1) is 23.7 Å². The molecule has 1 saturated heterocycles. The van der Waals surface area contributed by atoms with Crippen LogP contribution in [-0.4, -0.2) is 38.6 Å². The molecule has 0 aromatic carbocycles. The highest BCUT2D eigenvalue weighted by Gasteiger charge is 2.38. The summed E-state index contributed by atoms with van der Waals surface area (Å²) in [5, 5.41) is 0. The fraction of sp³-hybridized carbons (Fsp3) is 0.783. The number of rotatable bonds is 4. The minimum Gasteiger partial charge on any atom is -0.443 e. The Bertz CT molecular complexity index is 713. The zero-order chi connectivity index (χ0) is 21.2. The van der Waals surface area contributed by atoms with E-state index in [9.17, 15) is 9.59 Å². The first kappa shape index (κ1) is 21.8. The molecule has 2 aliphatic rings. The van der Waals surface area contributed by atoms with E-state index >= 15 is 0 Å².